The van der Waals surface area contributed by atoms with Gasteiger partial charge < -0.3 is 4.74 Å². The van der Waals surface area contributed by atoms with Gasteiger partial charge in [0.15, 0.2) is 0 Å². The zero-order valence-electron chi connectivity index (χ0n) is 20.7. The lowest BCUT2D eigenvalue weighted by molar-refractivity contribution is -0.119. The normalized spacial score (nSPS) is 11.7. The van der Waals surface area contributed by atoms with E-state index in [-0.39, 0.29) is 4.90 Å². The van der Waals surface area contributed by atoms with Crippen LogP contribution in [0.3, 0.4) is 0 Å². The van der Waals surface area contributed by atoms with Crippen LogP contribution in [-0.2, 0) is 21.2 Å². The van der Waals surface area contributed by atoms with Gasteiger partial charge in [0.05, 0.1) is 17.2 Å². The fourth-order valence-corrected chi connectivity index (χ4v) is 5.24. The van der Waals surface area contributed by atoms with Gasteiger partial charge in [-0.25, -0.2) is 13.8 Å². The van der Waals surface area contributed by atoms with Crippen LogP contribution in [-0.4, -0.2) is 39.4 Å². The Balaban J connectivity index is 1.78. The van der Waals surface area contributed by atoms with Gasteiger partial charge in [0, 0.05) is 10.6 Å². The van der Waals surface area contributed by atoms with E-state index in [0.29, 0.717) is 24.5 Å². The number of nitrogens with zero attached hydrogens (tertiary/aromatic N) is 2. The zero-order chi connectivity index (χ0) is 26.0. The Hall–Kier alpha value is -3.30. The number of hydrazone groups is 1. The van der Waals surface area contributed by atoms with Gasteiger partial charge >= 0.3 is 0 Å². The number of carbonyl (C=O) groups excluding carboxylic acids is 1. The molecule has 0 heterocycles. The van der Waals surface area contributed by atoms with Gasteiger partial charge in [-0.1, -0.05) is 30.3 Å². The van der Waals surface area contributed by atoms with Crippen molar-refractivity contribution in [2.75, 3.05) is 23.7 Å². The van der Waals surface area contributed by atoms with Crippen LogP contribution in [0.4, 0.5) is 5.69 Å². The number of ether oxygens (including phenoxy) is 1. The Bertz CT molecular complexity index is 1260. The van der Waals surface area contributed by atoms with Crippen LogP contribution in [0.15, 0.2) is 93.8 Å². The molecule has 0 bridgehead atoms. The highest BCUT2D eigenvalue weighted by Gasteiger charge is 2.27. The maximum atomic E-state index is 13.5. The van der Waals surface area contributed by atoms with Crippen LogP contribution >= 0.6 is 11.8 Å². The first kappa shape index (κ1) is 27.3. The summed E-state index contributed by atoms with van der Waals surface area (Å²) in [6, 6.07) is 23.2. The minimum atomic E-state index is -4.01. The van der Waals surface area contributed by atoms with Gasteiger partial charge in [-0.2, -0.15) is 5.10 Å². The molecule has 0 atom stereocenters. The molecule has 0 saturated heterocycles. The highest BCUT2D eigenvalue weighted by atomic mass is 32.2. The summed E-state index contributed by atoms with van der Waals surface area (Å²) in [5, 5.41) is 4.17. The molecule has 0 radical (unpaired) electrons. The molecule has 190 valence electrons. The second-order valence-corrected chi connectivity index (χ2v) is 10.7. The number of sulfonamides is 1. The standard InChI is InChI=1S/C27H31N3O4S2/c1-4-34-24-14-12-23(13-15-24)30(36(32,33)26-18-16-25(35-3)17-19-26)20-27(31)29-28-21(2)10-11-22-8-6-5-7-9-22/h5-9,12-19H,4,10-11,20H2,1-3H3,(H,29,31)/b28-21-. The SMILES string of the molecule is CCOc1ccc(N(CC(=O)N/N=C(/C)CCc2ccccc2)S(=O)(=O)c2ccc(SC)cc2)cc1. The Morgan fingerprint density at radius 2 is 1.67 bits per heavy atom. The Morgan fingerprint density at radius 3 is 2.28 bits per heavy atom. The number of aryl methyl sites for hydroxylation is 1. The van der Waals surface area contributed by atoms with Gasteiger partial charge in [0.1, 0.15) is 12.3 Å². The van der Waals surface area contributed by atoms with Crippen molar-refractivity contribution in [3.63, 3.8) is 0 Å². The fourth-order valence-electron chi connectivity index (χ4n) is 3.41. The second-order valence-electron chi connectivity index (χ2n) is 7.98. The lowest BCUT2D eigenvalue weighted by Crippen LogP contribution is -2.39. The summed E-state index contributed by atoms with van der Waals surface area (Å²) >= 11 is 1.52. The van der Waals surface area contributed by atoms with E-state index >= 15 is 0 Å². The molecule has 0 saturated carbocycles. The average Bonchev–Trinajstić information content (AvgIpc) is 2.90. The van der Waals surface area contributed by atoms with Crippen LogP contribution in [0, 0.1) is 0 Å². The summed E-state index contributed by atoms with van der Waals surface area (Å²) in [5.74, 6) is 0.0817. The molecule has 3 aromatic carbocycles. The summed E-state index contributed by atoms with van der Waals surface area (Å²) in [5.41, 5.74) is 4.79. The van der Waals surface area contributed by atoms with Gasteiger partial charge in [-0.3, -0.25) is 9.10 Å². The van der Waals surface area contributed by atoms with Gasteiger partial charge in [-0.05, 0) is 87.0 Å². The minimum absolute atomic E-state index is 0.101. The molecule has 0 fully saturated rings. The van der Waals surface area contributed by atoms with E-state index in [1.54, 1.807) is 48.5 Å². The van der Waals surface area contributed by atoms with E-state index in [2.05, 4.69) is 10.5 Å². The van der Waals surface area contributed by atoms with Crippen LogP contribution in [0.5, 0.6) is 5.75 Å². The van der Waals surface area contributed by atoms with E-state index < -0.39 is 22.5 Å². The maximum absolute atomic E-state index is 13.5. The first-order valence-corrected chi connectivity index (χ1v) is 14.3. The van der Waals surface area contributed by atoms with Crippen molar-refractivity contribution in [1.82, 2.24) is 5.43 Å². The van der Waals surface area contributed by atoms with Crippen LogP contribution in [0.1, 0.15) is 25.8 Å². The highest BCUT2D eigenvalue weighted by molar-refractivity contribution is 7.98. The van der Waals surface area contributed by atoms with Crippen molar-refractivity contribution in [3.05, 3.63) is 84.4 Å². The first-order chi connectivity index (χ1) is 17.3. The monoisotopic (exact) mass is 525 g/mol. The molecule has 0 aliphatic heterocycles. The molecule has 0 unspecified atom stereocenters. The first-order valence-electron chi connectivity index (χ1n) is 11.6. The quantitative estimate of drug-likeness (QED) is 0.201. The van der Waals surface area contributed by atoms with Crippen LogP contribution < -0.4 is 14.5 Å². The largest absolute Gasteiger partial charge is 0.494 e. The molecule has 1 N–H and O–H groups in total. The molecule has 3 rings (SSSR count). The Kier molecular flexibility index (Phi) is 9.95. The van der Waals surface area contributed by atoms with Crippen LogP contribution in [0.25, 0.3) is 0 Å². The number of rotatable bonds is 12. The molecule has 0 aliphatic rings. The highest BCUT2D eigenvalue weighted by Crippen LogP contribution is 2.27. The number of anilines is 1. The zero-order valence-corrected chi connectivity index (χ0v) is 22.3. The number of thioether (sulfide) groups is 1. The summed E-state index contributed by atoms with van der Waals surface area (Å²) in [4.78, 5) is 13.8. The maximum Gasteiger partial charge on any atom is 0.264 e. The number of hydrogen-bond donors (Lipinski definition) is 1. The minimum Gasteiger partial charge on any atom is -0.494 e. The topological polar surface area (TPSA) is 88.1 Å². The van der Waals surface area contributed by atoms with Crippen molar-refractivity contribution in [3.8, 4) is 5.75 Å². The molecule has 36 heavy (non-hydrogen) atoms. The molecule has 0 spiro atoms. The third-order valence-corrected chi connectivity index (χ3v) is 7.89. The second kappa shape index (κ2) is 13.1. The summed E-state index contributed by atoms with van der Waals surface area (Å²) in [7, 11) is -4.01. The number of amides is 1. The molecule has 7 nitrogen and oxygen atoms in total. The van der Waals surface area contributed by atoms with Crippen molar-refractivity contribution in [2.24, 2.45) is 5.10 Å². The van der Waals surface area contributed by atoms with E-state index in [0.717, 1.165) is 21.3 Å². The number of nitrogens with one attached hydrogen (secondary N) is 1. The molecule has 1 amide bonds. The third-order valence-electron chi connectivity index (χ3n) is 5.36. The molecule has 3 aromatic rings. The predicted octanol–water partition coefficient (Wildman–Crippen LogP) is 5.13. The smallest absolute Gasteiger partial charge is 0.264 e. The summed E-state index contributed by atoms with van der Waals surface area (Å²) in [6.45, 7) is 3.77. The summed E-state index contributed by atoms with van der Waals surface area (Å²) < 4.78 is 33.7. The third kappa shape index (κ3) is 7.60. The lowest BCUT2D eigenvalue weighted by atomic mass is 10.1. The molecule has 0 aliphatic carbocycles. The number of hydrogen-bond acceptors (Lipinski definition) is 6. The predicted molar refractivity (Wildman–Crippen MR) is 146 cm³/mol. The van der Waals surface area contributed by atoms with E-state index in [9.17, 15) is 13.2 Å². The number of benzene rings is 3. The summed E-state index contributed by atoms with van der Waals surface area (Å²) in [6.07, 6.45) is 3.39. The van der Waals surface area contributed by atoms with Crippen molar-refractivity contribution >= 4 is 39.1 Å². The lowest BCUT2D eigenvalue weighted by Gasteiger charge is -2.24. The van der Waals surface area contributed by atoms with Gasteiger partial charge in [-0.15, -0.1) is 11.8 Å². The van der Waals surface area contributed by atoms with E-state index in [1.807, 2.05) is 50.4 Å². The van der Waals surface area contributed by atoms with Crippen molar-refractivity contribution in [2.45, 2.75) is 36.5 Å². The number of carbonyl (C=O) groups is 1. The van der Waals surface area contributed by atoms with Gasteiger partial charge in [0.2, 0.25) is 0 Å². The molecular weight excluding hydrogens is 494 g/mol. The van der Waals surface area contributed by atoms with Crippen LogP contribution in [0.2, 0.25) is 0 Å². The van der Waals surface area contributed by atoms with Gasteiger partial charge in [0.25, 0.3) is 15.9 Å². The molecular formula is C27H31N3O4S2. The van der Waals surface area contributed by atoms with E-state index in [4.69, 9.17) is 4.74 Å². The fraction of sp³-hybridized carbons (Fsp3) is 0.259. The average molecular weight is 526 g/mol. The Labute approximate surface area is 217 Å². The molecule has 9 heteroatoms. The molecule has 0 aromatic heterocycles. The van der Waals surface area contributed by atoms with E-state index in [1.165, 1.54) is 17.3 Å². The van der Waals surface area contributed by atoms with Crippen molar-refractivity contribution in [1.29, 1.82) is 0 Å². The van der Waals surface area contributed by atoms with Crippen molar-refractivity contribution < 1.29 is 17.9 Å². The Morgan fingerprint density at radius 1 is 1.00 bits per heavy atom.